The molecule has 0 amide bonds. The minimum absolute atomic E-state index is 0.666. The highest BCUT2D eigenvalue weighted by Crippen LogP contribution is 2.33. The van der Waals surface area contributed by atoms with Gasteiger partial charge in [-0.3, -0.25) is 4.40 Å². The molecular weight excluding hydrogens is 258 g/mol. The zero-order valence-electron chi connectivity index (χ0n) is 10.3. The van der Waals surface area contributed by atoms with Gasteiger partial charge in [-0.25, -0.2) is 4.98 Å². The molecule has 94 valence electrons. The van der Waals surface area contributed by atoms with Gasteiger partial charge >= 0.3 is 0 Å². The van der Waals surface area contributed by atoms with E-state index in [0.717, 1.165) is 27.9 Å². The summed E-state index contributed by atoms with van der Waals surface area (Å²) in [7, 11) is 0. The maximum atomic E-state index is 6.23. The summed E-state index contributed by atoms with van der Waals surface area (Å²) in [6.07, 6.45) is 3.57. The van der Waals surface area contributed by atoms with Crippen molar-refractivity contribution in [3.63, 3.8) is 0 Å². The lowest BCUT2D eigenvalue weighted by Crippen LogP contribution is -1.93. The number of imidazole rings is 1. The lowest BCUT2D eigenvalue weighted by Gasteiger charge is -1.98. The average Bonchev–Trinajstić information content (AvgIpc) is 3.08. The molecule has 0 aliphatic rings. The van der Waals surface area contributed by atoms with Gasteiger partial charge in [0, 0.05) is 16.6 Å². The van der Waals surface area contributed by atoms with Gasteiger partial charge in [0.25, 0.3) is 0 Å². The van der Waals surface area contributed by atoms with Gasteiger partial charge in [-0.1, -0.05) is 0 Å². The van der Waals surface area contributed by atoms with E-state index >= 15 is 0 Å². The van der Waals surface area contributed by atoms with Gasteiger partial charge in [-0.15, -0.1) is 11.3 Å². The molecule has 4 nitrogen and oxygen atoms in total. The first-order valence-electron chi connectivity index (χ1n) is 5.94. The Morgan fingerprint density at radius 2 is 2.21 bits per heavy atom. The molecular formula is C14H11N3OS. The molecule has 0 radical (unpaired) electrons. The van der Waals surface area contributed by atoms with E-state index in [1.54, 1.807) is 17.6 Å². The van der Waals surface area contributed by atoms with Crippen molar-refractivity contribution >= 4 is 33.8 Å². The molecule has 0 saturated heterocycles. The number of furan rings is 1. The van der Waals surface area contributed by atoms with Crippen molar-refractivity contribution in [1.82, 2.24) is 9.38 Å². The summed E-state index contributed by atoms with van der Waals surface area (Å²) >= 11 is 1.70. The number of aromatic nitrogens is 2. The third kappa shape index (κ3) is 1.36. The molecule has 0 atom stereocenters. The minimum atomic E-state index is 0.666. The smallest absolute Gasteiger partial charge is 0.150 e. The van der Waals surface area contributed by atoms with E-state index in [4.69, 9.17) is 15.1 Å². The predicted octanol–water partition coefficient (Wildman–Crippen LogP) is 3.70. The number of pyridine rings is 1. The molecule has 4 aromatic rings. The van der Waals surface area contributed by atoms with Gasteiger partial charge < -0.3 is 10.2 Å². The molecule has 0 unspecified atom stereocenters. The van der Waals surface area contributed by atoms with E-state index in [1.807, 2.05) is 22.7 Å². The highest BCUT2D eigenvalue weighted by atomic mass is 32.1. The van der Waals surface area contributed by atoms with Gasteiger partial charge in [0.15, 0.2) is 0 Å². The monoisotopic (exact) mass is 269 g/mol. The Bertz CT molecular complexity index is 900. The number of aryl methyl sites for hydroxylation is 1. The van der Waals surface area contributed by atoms with Gasteiger partial charge in [-0.05, 0) is 30.5 Å². The topological polar surface area (TPSA) is 56.5 Å². The quantitative estimate of drug-likeness (QED) is 0.573. The molecule has 4 aromatic heterocycles. The number of hydrogen-bond acceptors (Lipinski definition) is 4. The SMILES string of the molecule is Cc1sccc1-c1nc2c3ccoc3ccn2c1N. The van der Waals surface area contributed by atoms with Crippen molar-refractivity contribution in [3.05, 3.63) is 40.9 Å². The Hall–Kier alpha value is -2.27. The zero-order chi connectivity index (χ0) is 13.0. The van der Waals surface area contributed by atoms with Crippen molar-refractivity contribution in [2.24, 2.45) is 0 Å². The summed E-state index contributed by atoms with van der Waals surface area (Å²) in [5.74, 6) is 0.666. The van der Waals surface area contributed by atoms with E-state index in [1.165, 1.54) is 4.88 Å². The van der Waals surface area contributed by atoms with Crippen LogP contribution in [0.4, 0.5) is 5.82 Å². The fourth-order valence-electron chi connectivity index (χ4n) is 2.39. The van der Waals surface area contributed by atoms with Crippen LogP contribution in [0.3, 0.4) is 0 Å². The summed E-state index contributed by atoms with van der Waals surface area (Å²) in [5, 5.41) is 3.04. The molecule has 2 N–H and O–H groups in total. The average molecular weight is 269 g/mol. The number of nitrogens with zero attached hydrogens (tertiary/aromatic N) is 2. The van der Waals surface area contributed by atoms with Gasteiger partial charge in [0.05, 0.1) is 11.6 Å². The minimum Gasteiger partial charge on any atom is -0.464 e. The molecule has 0 saturated carbocycles. The second-order valence-corrected chi connectivity index (χ2v) is 5.56. The third-order valence-electron chi connectivity index (χ3n) is 3.37. The van der Waals surface area contributed by atoms with Crippen molar-refractivity contribution in [3.8, 4) is 11.3 Å². The highest BCUT2D eigenvalue weighted by molar-refractivity contribution is 7.10. The number of nitrogen functional groups attached to an aromatic ring is 1. The van der Waals surface area contributed by atoms with Crippen LogP contribution < -0.4 is 5.73 Å². The molecule has 0 aliphatic carbocycles. The van der Waals surface area contributed by atoms with Crippen LogP contribution in [0.15, 0.2) is 40.5 Å². The van der Waals surface area contributed by atoms with Crippen LogP contribution in [0.5, 0.6) is 0 Å². The van der Waals surface area contributed by atoms with Gasteiger partial charge in [0.2, 0.25) is 0 Å². The highest BCUT2D eigenvalue weighted by Gasteiger charge is 2.16. The second kappa shape index (κ2) is 3.61. The molecule has 0 fully saturated rings. The molecule has 4 rings (SSSR count). The molecule has 0 bridgehead atoms. The van der Waals surface area contributed by atoms with Crippen LogP contribution in [0.1, 0.15) is 4.88 Å². The number of fused-ring (bicyclic) bond motifs is 3. The summed E-state index contributed by atoms with van der Waals surface area (Å²) < 4.78 is 7.30. The molecule has 0 aromatic carbocycles. The van der Waals surface area contributed by atoms with E-state index in [9.17, 15) is 0 Å². The molecule has 0 spiro atoms. The fraction of sp³-hybridized carbons (Fsp3) is 0.0714. The lowest BCUT2D eigenvalue weighted by atomic mass is 10.2. The molecule has 0 aliphatic heterocycles. The first-order chi connectivity index (χ1) is 9.25. The maximum Gasteiger partial charge on any atom is 0.150 e. The van der Waals surface area contributed by atoms with Crippen molar-refractivity contribution in [2.45, 2.75) is 6.92 Å². The Labute approximate surface area is 113 Å². The molecule has 19 heavy (non-hydrogen) atoms. The largest absolute Gasteiger partial charge is 0.464 e. The zero-order valence-corrected chi connectivity index (χ0v) is 11.1. The first-order valence-corrected chi connectivity index (χ1v) is 6.82. The van der Waals surface area contributed by atoms with Crippen molar-refractivity contribution in [1.29, 1.82) is 0 Å². The summed E-state index contributed by atoms with van der Waals surface area (Å²) in [5.41, 5.74) is 9.84. The Morgan fingerprint density at radius 1 is 1.32 bits per heavy atom. The van der Waals surface area contributed by atoms with E-state index in [-0.39, 0.29) is 0 Å². The van der Waals surface area contributed by atoms with Gasteiger partial charge in [0.1, 0.15) is 22.7 Å². The van der Waals surface area contributed by atoms with Crippen molar-refractivity contribution in [2.75, 3.05) is 5.73 Å². The molecule has 5 heteroatoms. The van der Waals surface area contributed by atoms with Crippen LogP contribution in [0, 0.1) is 6.92 Å². The fourth-order valence-corrected chi connectivity index (χ4v) is 3.09. The number of hydrogen-bond donors (Lipinski definition) is 1. The van der Waals surface area contributed by atoms with Gasteiger partial charge in [-0.2, -0.15) is 0 Å². The van der Waals surface area contributed by atoms with Crippen LogP contribution in [-0.2, 0) is 0 Å². The Balaban J connectivity index is 2.13. The predicted molar refractivity (Wildman–Crippen MR) is 77.4 cm³/mol. The standard InChI is InChI=1S/C14H11N3OS/c1-8-9(4-7-19-8)12-13(15)17-5-2-11-10(3-6-18-11)14(17)16-12/h2-7H,15H2,1H3. The summed E-state index contributed by atoms with van der Waals surface area (Å²) in [6.45, 7) is 2.08. The Kier molecular flexibility index (Phi) is 2.02. The number of nitrogens with two attached hydrogens (primary N) is 1. The number of rotatable bonds is 1. The maximum absolute atomic E-state index is 6.23. The summed E-state index contributed by atoms with van der Waals surface area (Å²) in [4.78, 5) is 5.92. The Morgan fingerprint density at radius 3 is 3.00 bits per heavy atom. The van der Waals surface area contributed by atoms with Crippen LogP contribution >= 0.6 is 11.3 Å². The van der Waals surface area contributed by atoms with Crippen molar-refractivity contribution < 1.29 is 4.42 Å². The van der Waals surface area contributed by atoms with E-state index < -0.39 is 0 Å². The summed E-state index contributed by atoms with van der Waals surface area (Å²) in [6, 6.07) is 5.89. The normalized spacial score (nSPS) is 11.6. The second-order valence-electron chi connectivity index (χ2n) is 4.44. The third-order valence-corrected chi connectivity index (χ3v) is 4.22. The van der Waals surface area contributed by atoms with E-state index in [0.29, 0.717) is 5.82 Å². The first kappa shape index (κ1) is 10.6. The van der Waals surface area contributed by atoms with E-state index in [2.05, 4.69) is 18.4 Å². The van der Waals surface area contributed by atoms with Crippen LogP contribution in [0.2, 0.25) is 0 Å². The van der Waals surface area contributed by atoms with Crippen LogP contribution in [-0.4, -0.2) is 9.38 Å². The lowest BCUT2D eigenvalue weighted by molar-refractivity contribution is 0.615. The number of anilines is 1. The molecule has 4 heterocycles. The number of thiophene rings is 1. The van der Waals surface area contributed by atoms with Crippen LogP contribution in [0.25, 0.3) is 27.9 Å².